The first kappa shape index (κ1) is 16.9. The van der Waals surface area contributed by atoms with Crippen LogP contribution in [0.3, 0.4) is 0 Å². The van der Waals surface area contributed by atoms with E-state index in [9.17, 15) is 4.79 Å². The molecule has 3 heteroatoms. The molecule has 0 heterocycles. The van der Waals surface area contributed by atoms with Crippen molar-refractivity contribution in [1.82, 2.24) is 0 Å². The Bertz CT molecular complexity index is 409. The van der Waals surface area contributed by atoms with Gasteiger partial charge in [0.05, 0.1) is 0 Å². The van der Waals surface area contributed by atoms with Crippen LogP contribution in [-0.4, -0.2) is 30.8 Å². The molecular formula is C14H21LiOP. The molecule has 0 aliphatic carbocycles. The number of carbonyl (C=O) groups is 1. The third kappa shape index (κ3) is 3.23. The summed E-state index contributed by atoms with van der Waals surface area (Å²) in [6.45, 7) is 10.5. The van der Waals surface area contributed by atoms with Gasteiger partial charge in [0.15, 0.2) is 5.78 Å². The van der Waals surface area contributed by atoms with E-state index in [0.717, 1.165) is 22.9 Å². The normalized spacial score (nSPS) is 10.0. The molecule has 1 rings (SSSR count). The van der Waals surface area contributed by atoms with Crippen molar-refractivity contribution < 1.29 is 4.79 Å². The Labute approximate surface area is 119 Å². The van der Waals surface area contributed by atoms with Crippen LogP contribution < -0.4 is 0 Å². The molecule has 1 aromatic carbocycles. The molecule has 0 bridgehead atoms. The van der Waals surface area contributed by atoms with Crippen molar-refractivity contribution in [1.29, 1.82) is 0 Å². The van der Waals surface area contributed by atoms with Crippen LogP contribution in [0.4, 0.5) is 0 Å². The van der Waals surface area contributed by atoms with Gasteiger partial charge < -0.3 is 0 Å². The molecule has 0 aliphatic rings. The molecule has 1 unspecified atom stereocenters. The standard InChI is InChI=1S/C14H21OP.Li/c1-8-9(2)11(4)14(12(5)10(8)3)13(15)6-7-16;/h6-7,16H2,1-5H3;. The van der Waals surface area contributed by atoms with Gasteiger partial charge in [-0.1, -0.05) is 0 Å². The maximum absolute atomic E-state index is 12.1. The van der Waals surface area contributed by atoms with Gasteiger partial charge in [-0.15, -0.1) is 9.24 Å². The topological polar surface area (TPSA) is 17.1 Å². The smallest absolute Gasteiger partial charge is 0.163 e. The Hall–Kier alpha value is -0.0826. The summed E-state index contributed by atoms with van der Waals surface area (Å²) in [5.41, 5.74) is 7.10. The van der Waals surface area contributed by atoms with Gasteiger partial charge in [0.1, 0.15) is 0 Å². The second-order valence-corrected chi connectivity index (χ2v) is 5.04. The Morgan fingerprint density at radius 1 is 0.882 bits per heavy atom. The SMILES string of the molecule is Cc1c(C)c(C)c(C(=O)CCP)c(C)c1C.[Li]. The van der Waals surface area contributed by atoms with E-state index in [1.165, 1.54) is 16.7 Å². The van der Waals surface area contributed by atoms with E-state index in [-0.39, 0.29) is 24.6 Å². The molecule has 17 heavy (non-hydrogen) atoms. The Balaban J connectivity index is 0.00000256. The van der Waals surface area contributed by atoms with E-state index in [2.05, 4.69) is 43.9 Å². The fraction of sp³-hybridized carbons (Fsp3) is 0.500. The molecule has 0 saturated carbocycles. The number of hydrogen-bond acceptors (Lipinski definition) is 1. The number of hydrogen-bond donors (Lipinski definition) is 0. The molecule has 0 saturated heterocycles. The van der Waals surface area contributed by atoms with Crippen molar-refractivity contribution in [3.8, 4) is 0 Å². The molecule has 0 aliphatic heterocycles. The van der Waals surface area contributed by atoms with Gasteiger partial charge in [-0.2, -0.15) is 0 Å². The molecule has 1 atom stereocenters. The summed E-state index contributed by atoms with van der Waals surface area (Å²) in [5, 5.41) is 0. The Morgan fingerprint density at radius 2 is 1.24 bits per heavy atom. The number of benzene rings is 1. The zero-order valence-corrected chi connectivity index (χ0v) is 13.1. The molecule has 89 valence electrons. The molecule has 1 nitrogen and oxygen atoms in total. The Morgan fingerprint density at radius 3 is 1.59 bits per heavy atom. The zero-order chi connectivity index (χ0) is 12.5. The predicted octanol–water partition coefficient (Wildman–Crippen LogP) is 3.30. The number of rotatable bonds is 3. The van der Waals surface area contributed by atoms with Crippen LogP contribution in [0.25, 0.3) is 0 Å². The van der Waals surface area contributed by atoms with Crippen molar-refractivity contribution in [2.45, 2.75) is 41.0 Å². The average molecular weight is 243 g/mol. The first-order valence-electron chi connectivity index (χ1n) is 5.72. The largest absolute Gasteiger partial charge is 0.294 e. The van der Waals surface area contributed by atoms with Crippen LogP contribution >= 0.6 is 9.24 Å². The van der Waals surface area contributed by atoms with Gasteiger partial charge in [-0.05, 0) is 68.6 Å². The second kappa shape index (κ2) is 6.74. The number of Topliss-reactive ketones (excluding diaryl/α,β-unsaturated/α-hetero) is 1. The van der Waals surface area contributed by atoms with E-state index in [0.29, 0.717) is 6.42 Å². The van der Waals surface area contributed by atoms with Crippen molar-refractivity contribution in [2.75, 3.05) is 6.16 Å². The quantitative estimate of drug-likeness (QED) is 0.452. The molecule has 1 radical (unpaired) electrons. The fourth-order valence-electron chi connectivity index (χ4n) is 2.17. The Kier molecular flexibility index (Phi) is 6.71. The fourth-order valence-corrected chi connectivity index (χ4v) is 2.44. The molecule has 0 spiro atoms. The third-order valence-corrected chi connectivity index (χ3v) is 3.94. The first-order valence-corrected chi connectivity index (χ1v) is 6.53. The first-order chi connectivity index (χ1) is 7.41. The average Bonchev–Trinajstić information content (AvgIpc) is 2.24. The molecular weight excluding hydrogens is 222 g/mol. The molecule has 0 fully saturated rings. The summed E-state index contributed by atoms with van der Waals surface area (Å²) in [4.78, 5) is 12.1. The van der Waals surface area contributed by atoms with Crippen LogP contribution in [0.15, 0.2) is 0 Å². The predicted molar refractivity (Wildman–Crippen MR) is 79.4 cm³/mol. The summed E-state index contributed by atoms with van der Waals surface area (Å²) in [5.74, 6) is 0.274. The molecule has 0 amide bonds. The van der Waals surface area contributed by atoms with Crippen molar-refractivity contribution in [2.24, 2.45) is 0 Å². The van der Waals surface area contributed by atoms with Gasteiger partial charge in [0.25, 0.3) is 0 Å². The summed E-state index contributed by atoms with van der Waals surface area (Å²) in [6, 6.07) is 0. The van der Waals surface area contributed by atoms with E-state index in [1.807, 2.05) is 0 Å². The molecule has 0 aromatic heterocycles. The monoisotopic (exact) mass is 243 g/mol. The zero-order valence-electron chi connectivity index (χ0n) is 11.9. The third-order valence-electron chi connectivity index (χ3n) is 3.65. The van der Waals surface area contributed by atoms with E-state index in [1.54, 1.807) is 0 Å². The van der Waals surface area contributed by atoms with Crippen LogP contribution in [-0.2, 0) is 0 Å². The van der Waals surface area contributed by atoms with Crippen LogP contribution in [0.2, 0.25) is 0 Å². The van der Waals surface area contributed by atoms with E-state index in [4.69, 9.17) is 0 Å². The number of ketones is 1. The maximum Gasteiger partial charge on any atom is 0.163 e. The van der Waals surface area contributed by atoms with Gasteiger partial charge >= 0.3 is 0 Å². The van der Waals surface area contributed by atoms with Crippen molar-refractivity contribution in [3.05, 3.63) is 33.4 Å². The van der Waals surface area contributed by atoms with Crippen molar-refractivity contribution >= 4 is 33.9 Å². The van der Waals surface area contributed by atoms with Gasteiger partial charge in [-0.25, -0.2) is 0 Å². The number of carbonyl (C=O) groups excluding carboxylic acids is 1. The van der Waals surface area contributed by atoms with Crippen LogP contribution in [0.5, 0.6) is 0 Å². The minimum atomic E-state index is 0. The van der Waals surface area contributed by atoms with Crippen LogP contribution in [0, 0.1) is 34.6 Å². The summed E-state index contributed by atoms with van der Waals surface area (Å²) in [6.07, 6.45) is 1.46. The minimum Gasteiger partial charge on any atom is -0.294 e. The van der Waals surface area contributed by atoms with Gasteiger partial charge in [-0.3, -0.25) is 4.79 Å². The van der Waals surface area contributed by atoms with Crippen LogP contribution in [0.1, 0.15) is 44.6 Å². The minimum absolute atomic E-state index is 0. The summed E-state index contributed by atoms with van der Waals surface area (Å²) in [7, 11) is 2.62. The van der Waals surface area contributed by atoms with E-state index >= 15 is 0 Å². The molecule has 1 aromatic rings. The molecule has 0 N–H and O–H groups in total. The van der Waals surface area contributed by atoms with Gasteiger partial charge in [0, 0.05) is 30.8 Å². The van der Waals surface area contributed by atoms with Gasteiger partial charge in [0.2, 0.25) is 0 Å². The second-order valence-electron chi connectivity index (χ2n) is 4.46. The maximum atomic E-state index is 12.1. The van der Waals surface area contributed by atoms with Crippen molar-refractivity contribution in [3.63, 3.8) is 0 Å². The summed E-state index contributed by atoms with van der Waals surface area (Å²) >= 11 is 0. The van der Waals surface area contributed by atoms with E-state index < -0.39 is 0 Å². The summed E-state index contributed by atoms with van der Waals surface area (Å²) < 4.78 is 0.